The highest BCUT2D eigenvalue weighted by atomic mass is 35.5. The Labute approximate surface area is 131 Å². The minimum atomic E-state index is -0.498. The summed E-state index contributed by atoms with van der Waals surface area (Å²) >= 11 is 6.09. The first-order chi connectivity index (χ1) is 10.5. The maximum Gasteiger partial charge on any atom is 0.255 e. The number of carbonyl (C=O) groups excluding carboxylic acids is 1. The van der Waals surface area contributed by atoms with E-state index in [1.165, 1.54) is 18.2 Å². The van der Waals surface area contributed by atoms with Crippen LogP contribution in [0.25, 0.3) is 0 Å². The van der Waals surface area contributed by atoms with Crippen molar-refractivity contribution in [2.45, 2.75) is 6.92 Å². The number of hydrogen-bond acceptors (Lipinski definition) is 3. The summed E-state index contributed by atoms with van der Waals surface area (Å²) in [6.45, 7) is 2.61. The summed E-state index contributed by atoms with van der Waals surface area (Å²) in [4.78, 5) is 12.3. The fraction of sp³-hybridized carbons (Fsp3) is 0.188. The molecule has 0 saturated heterocycles. The van der Waals surface area contributed by atoms with E-state index < -0.39 is 11.7 Å². The van der Waals surface area contributed by atoms with Gasteiger partial charge in [-0.2, -0.15) is 0 Å². The van der Waals surface area contributed by atoms with E-state index in [0.717, 1.165) is 5.56 Å². The molecular weight excluding hydrogens is 309 g/mol. The van der Waals surface area contributed by atoms with E-state index in [9.17, 15) is 9.18 Å². The Morgan fingerprint density at radius 3 is 2.82 bits per heavy atom. The van der Waals surface area contributed by atoms with Gasteiger partial charge in [0, 0.05) is 5.56 Å². The van der Waals surface area contributed by atoms with E-state index >= 15 is 0 Å². The van der Waals surface area contributed by atoms with Crippen LogP contribution >= 0.6 is 11.6 Å². The Hall–Kier alpha value is -2.27. The van der Waals surface area contributed by atoms with Crippen molar-refractivity contribution in [3.8, 4) is 11.5 Å². The molecule has 1 amide bonds. The summed E-state index contributed by atoms with van der Waals surface area (Å²) in [5.74, 6) is -0.134. The molecule has 1 N–H and O–H groups in total. The smallest absolute Gasteiger partial charge is 0.255 e. The second kappa shape index (κ2) is 5.85. The molecule has 2 aromatic rings. The van der Waals surface area contributed by atoms with E-state index in [-0.39, 0.29) is 16.3 Å². The van der Waals surface area contributed by atoms with Crippen molar-refractivity contribution in [2.24, 2.45) is 0 Å². The third kappa shape index (κ3) is 2.85. The number of ether oxygens (including phenoxy) is 2. The Morgan fingerprint density at radius 1 is 1.23 bits per heavy atom. The molecular formula is C16H13ClFNO3. The van der Waals surface area contributed by atoms with E-state index in [2.05, 4.69) is 5.32 Å². The van der Waals surface area contributed by atoms with Crippen LogP contribution in [0.5, 0.6) is 11.5 Å². The SMILES string of the molecule is Cc1ccc(F)c(NC(=O)c2cc(Cl)c3c(c2)OCCO3)c1. The quantitative estimate of drug-likeness (QED) is 0.915. The number of anilines is 1. The molecule has 114 valence electrons. The second-order valence-corrected chi connectivity index (χ2v) is 5.33. The molecule has 0 unspecified atom stereocenters. The number of aryl methyl sites for hydroxylation is 1. The predicted molar refractivity (Wildman–Crippen MR) is 81.5 cm³/mol. The molecule has 6 heteroatoms. The van der Waals surface area contributed by atoms with E-state index in [1.807, 2.05) is 6.92 Å². The van der Waals surface area contributed by atoms with E-state index in [0.29, 0.717) is 24.7 Å². The molecule has 0 bridgehead atoms. The number of nitrogens with one attached hydrogen (secondary N) is 1. The summed E-state index contributed by atoms with van der Waals surface area (Å²) in [6, 6.07) is 7.50. The zero-order chi connectivity index (χ0) is 15.7. The van der Waals surface area contributed by atoms with Crippen LogP contribution in [0.4, 0.5) is 10.1 Å². The van der Waals surface area contributed by atoms with Gasteiger partial charge in [-0.1, -0.05) is 17.7 Å². The lowest BCUT2D eigenvalue weighted by molar-refractivity contribution is 0.102. The van der Waals surface area contributed by atoms with Gasteiger partial charge in [0.15, 0.2) is 11.5 Å². The maximum absolute atomic E-state index is 13.7. The summed E-state index contributed by atoms with van der Waals surface area (Å²) < 4.78 is 24.5. The van der Waals surface area contributed by atoms with Crippen molar-refractivity contribution in [3.63, 3.8) is 0 Å². The van der Waals surface area contributed by atoms with Crippen LogP contribution in [0.2, 0.25) is 5.02 Å². The van der Waals surface area contributed by atoms with E-state index in [4.69, 9.17) is 21.1 Å². The Bertz CT molecular complexity index is 748. The number of amides is 1. The topological polar surface area (TPSA) is 47.6 Å². The van der Waals surface area contributed by atoms with Gasteiger partial charge in [0.05, 0.1) is 10.7 Å². The van der Waals surface area contributed by atoms with Crippen molar-refractivity contribution in [3.05, 3.63) is 52.3 Å². The van der Waals surface area contributed by atoms with Crippen molar-refractivity contribution in [2.75, 3.05) is 18.5 Å². The molecule has 0 atom stereocenters. The van der Waals surface area contributed by atoms with Crippen molar-refractivity contribution < 1.29 is 18.7 Å². The molecule has 0 aliphatic carbocycles. The minimum absolute atomic E-state index is 0.121. The Morgan fingerprint density at radius 2 is 2.00 bits per heavy atom. The number of benzene rings is 2. The zero-order valence-corrected chi connectivity index (χ0v) is 12.5. The molecule has 2 aromatic carbocycles. The van der Waals surface area contributed by atoms with Gasteiger partial charge in [0.1, 0.15) is 19.0 Å². The number of fused-ring (bicyclic) bond motifs is 1. The van der Waals surface area contributed by atoms with Gasteiger partial charge < -0.3 is 14.8 Å². The molecule has 1 aliphatic heterocycles. The number of halogens is 2. The lowest BCUT2D eigenvalue weighted by atomic mass is 10.1. The van der Waals surface area contributed by atoms with Crippen LogP contribution in [0.15, 0.2) is 30.3 Å². The molecule has 0 aromatic heterocycles. The molecule has 1 aliphatic rings. The summed E-state index contributed by atoms with van der Waals surface area (Å²) in [7, 11) is 0. The fourth-order valence-corrected chi connectivity index (χ4v) is 2.44. The monoisotopic (exact) mass is 321 g/mol. The number of hydrogen-bond donors (Lipinski definition) is 1. The van der Waals surface area contributed by atoms with E-state index in [1.54, 1.807) is 12.1 Å². The van der Waals surface area contributed by atoms with Crippen molar-refractivity contribution in [1.82, 2.24) is 0 Å². The predicted octanol–water partition coefficient (Wildman–Crippen LogP) is 3.81. The van der Waals surface area contributed by atoms with Gasteiger partial charge in [-0.3, -0.25) is 4.79 Å². The second-order valence-electron chi connectivity index (χ2n) is 4.92. The average molecular weight is 322 g/mol. The van der Waals surface area contributed by atoms with Crippen LogP contribution in [0, 0.1) is 12.7 Å². The molecule has 22 heavy (non-hydrogen) atoms. The van der Waals surface area contributed by atoms with Gasteiger partial charge >= 0.3 is 0 Å². The molecule has 0 fully saturated rings. The van der Waals surface area contributed by atoms with Gasteiger partial charge in [-0.05, 0) is 36.8 Å². The summed E-state index contributed by atoms with van der Waals surface area (Å²) in [6.07, 6.45) is 0. The fourth-order valence-electron chi connectivity index (χ4n) is 2.17. The molecule has 0 radical (unpaired) electrons. The summed E-state index contributed by atoms with van der Waals surface area (Å²) in [5.41, 5.74) is 1.24. The Balaban J connectivity index is 1.89. The lowest BCUT2D eigenvalue weighted by Gasteiger charge is -2.20. The highest BCUT2D eigenvalue weighted by Gasteiger charge is 2.19. The van der Waals surface area contributed by atoms with Gasteiger partial charge in [-0.15, -0.1) is 0 Å². The first-order valence-electron chi connectivity index (χ1n) is 6.71. The molecule has 0 spiro atoms. The minimum Gasteiger partial charge on any atom is -0.486 e. The molecule has 1 heterocycles. The first-order valence-corrected chi connectivity index (χ1v) is 7.09. The van der Waals surface area contributed by atoms with Crippen LogP contribution in [-0.2, 0) is 0 Å². The highest BCUT2D eigenvalue weighted by molar-refractivity contribution is 6.32. The van der Waals surface area contributed by atoms with Gasteiger partial charge in [-0.25, -0.2) is 4.39 Å². The largest absolute Gasteiger partial charge is 0.486 e. The van der Waals surface area contributed by atoms with Crippen LogP contribution in [0.1, 0.15) is 15.9 Å². The van der Waals surface area contributed by atoms with Crippen molar-refractivity contribution >= 4 is 23.2 Å². The third-order valence-electron chi connectivity index (χ3n) is 3.23. The average Bonchev–Trinajstić information content (AvgIpc) is 2.51. The van der Waals surface area contributed by atoms with Crippen LogP contribution < -0.4 is 14.8 Å². The maximum atomic E-state index is 13.7. The summed E-state index contributed by atoms with van der Waals surface area (Å²) in [5, 5.41) is 2.82. The lowest BCUT2D eigenvalue weighted by Crippen LogP contribution is -2.18. The normalized spacial score (nSPS) is 12.9. The molecule has 4 nitrogen and oxygen atoms in total. The first kappa shape index (κ1) is 14.7. The van der Waals surface area contributed by atoms with Gasteiger partial charge in [0.25, 0.3) is 5.91 Å². The molecule has 3 rings (SSSR count). The van der Waals surface area contributed by atoms with Crippen LogP contribution in [-0.4, -0.2) is 19.1 Å². The number of rotatable bonds is 2. The highest BCUT2D eigenvalue weighted by Crippen LogP contribution is 2.38. The third-order valence-corrected chi connectivity index (χ3v) is 3.51. The molecule has 0 saturated carbocycles. The van der Waals surface area contributed by atoms with Gasteiger partial charge in [0.2, 0.25) is 0 Å². The van der Waals surface area contributed by atoms with Crippen LogP contribution in [0.3, 0.4) is 0 Å². The standard InChI is InChI=1S/C16H13ClFNO3/c1-9-2-3-12(18)13(6-9)19-16(20)10-7-11(17)15-14(8-10)21-4-5-22-15/h2-3,6-8H,4-5H2,1H3,(H,19,20). The number of carbonyl (C=O) groups is 1. The zero-order valence-electron chi connectivity index (χ0n) is 11.8. The Kier molecular flexibility index (Phi) is 3.90. The van der Waals surface area contributed by atoms with Crippen molar-refractivity contribution in [1.29, 1.82) is 0 Å².